The van der Waals surface area contributed by atoms with E-state index in [-0.39, 0.29) is 19.6 Å². The van der Waals surface area contributed by atoms with Crippen LogP contribution in [0.15, 0.2) is 24.3 Å². The van der Waals surface area contributed by atoms with Crippen molar-refractivity contribution >= 4 is 29.1 Å². The maximum atomic E-state index is 11.8. The fraction of sp³-hybridized carbons (Fsp3) is 0.250. The molecule has 108 valence electrons. The third kappa shape index (κ3) is 5.83. The molecule has 0 bridgehead atoms. The minimum atomic E-state index is -0.650. The van der Waals surface area contributed by atoms with Crippen LogP contribution in [-0.4, -0.2) is 42.3 Å². The first-order chi connectivity index (χ1) is 9.36. The van der Waals surface area contributed by atoms with Gasteiger partial charge in [0.1, 0.15) is 0 Å². The molecule has 7 N–H and O–H groups in total. The van der Waals surface area contributed by atoms with Gasteiger partial charge in [0.15, 0.2) is 0 Å². The van der Waals surface area contributed by atoms with Gasteiger partial charge in [-0.05, 0) is 18.2 Å². The lowest BCUT2D eigenvalue weighted by molar-refractivity contribution is -0.123. The molecule has 0 aliphatic heterocycles. The smallest absolute Gasteiger partial charge is 0.238 e. The Bertz CT molecular complexity index is 502. The van der Waals surface area contributed by atoms with Gasteiger partial charge < -0.3 is 22.5 Å². The molecule has 0 saturated heterocycles. The van der Waals surface area contributed by atoms with Crippen LogP contribution in [-0.2, 0) is 14.4 Å². The molecule has 0 aromatic heterocycles. The Kier molecular flexibility index (Phi) is 5.48. The first-order valence-corrected chi connectivity index (χ1v) is 5.81. The zero-order chi connectivity index (χ0) is 15.1. The van der Waals surface area contributed by atoms with Gasteiger partial charge in [-0.25, -0.2) is 0 Å². The SMILES string of the molecule is NC(=O)CN(CC(N)=O)CC(=O)Nc1cccc(N)c1. The van der Waals surface area contributed by atoms with Gasteiger partial charge in [-0.15, -0.1) is 0 Å². The van der Waals surface area contributed by atoms with Crippen molar-refractivity contribution in [3.63, 3.8) is 0 Å². The van der Waals surface area contributed by atoms with E-state index in [1.54, 1.807) is 24.3 Å². The second-order valence-electron chi connectivity index (χ2n) is 4.25. The van der Waals surface area contributed by atoms with Crippen LogP contribution in [0.2, 0.25) is 0 Å². The number of nitrogens with one attached hydrogen (secondary N) is 1. The zero-order valence-electron chi connectivity index (χ0n) is 10.8. The van der Waals surface area contributed by atoms with Gasteiger partial charge in [-0.1, -0.05) is 6.07 Å². The van der Waals surface area contributed by atoms with Crippen molar-refractivity contribution in [2.75, 3.05) is 30.7 Å². The molecule has 0 saturated carbocycles. The molecule has 1 aromatic rings. The molecular formula is C12H17N5O3. The predicted molar refractivity (Wildman–Crippen MR) is 74.3 cm³/mol. The Morgan fingerprint density at radius 2 is 1.65 bits per heavy atom. The molecule has 0 heterocycles. The Morgan fingerprint density at radius 3 is 2.15 bits per heavy atom. The lowest BCUT2D eigenvalue weighted by Crippen LogP contribution is -2.43. The number of nitrogens with two attached hydrogens (primary N) is 3. The number of anilines is 2. The molecule has 0 aliphatic carbocycles. The first-order valence-electron chi connectivity index (χ1n) is 5.81. The number of primary amides is 2. The van der Waals surface area contributed by atoms with Crippen molar-refractivity contribution in [1.29, 1.82) is 0 Å². The van der Waals surface area contributed by atoms with E-state index in [1.165, 1.54) is 4.90 Å². The van der Waals surface area contributed by atoms with Crippen LogP contribution < -0.4 is 22.5 Å². The normalized spacial score (nSPS) is 10.2. The van der Waals surface area contributed by atoms with Crippen molar-refractivity contribution in [3.05, 3.63) is 24.3 Å². The Labute approximate surface area is 115 Å². The van der Waals surface area contributed by atoms with Gasteiger partial charge in [-0.2, -0.15) is 0 Å². The van der Waals surface area contributed by atoms with Gasteiger partial charge in [0, 0.05) is 11.4 Å². The number of nitrogens with zero attached hydrogens (tertiary/aromatic N) is 1. The molecule has 0 aliphatic rings. The first kappa shape index (κ1) is 15.4. The average molecular weight is 279 g/mol. The van der Waals surface area contributed by atoms with Crippen molar-refractivity contribution in [2.45, 2.75) is 0 Å². The fourth-order valence-corrected chi connectivity index (χ4v) is 1.63. The minimum Gasteiger partial charge on any atom is -0.399 e. The summed E-state index contributed by atoms with van der Waals surface area (Å²) in [4.78, 5) is 34.8. The quantitative estimate of drug-likeness (QED) is 0.448. The summed E-state index contributed by atoms with van der Waals surface area (Å²) in [5, 5.41) is 2.59. The number of hydrogen-bond acceptors (Lipinski definition) is 5. The van der Waals surface area contributed by atoms with Crippen LogP contribution in [0.3, 0.4) is 0 Å². The monoisotopic (exact) mass is 279 g/mol. The average Bonchev–Trinajstić information content (AvgIpc) is 2.26. The van der Waals surface area contributed by atoms with Crippen molar-refractivity contribution in [1.82, 2.24) is 4.90 Å². The summed E-state index contributed by atoms with van der Waals surface area (Å²) >= 11 is 0. The van der Waals surface area contributed by atoms with E-state index >= 15 is 0 Å². The lowest BCUT2D eigenvalue weighted by atomic mass is 10.3. The summed E-state index contributed by atoms with van der Waals surface area (Å²) < 4.78 is 0. The van der Waals surface area contributed by atoms with Gasteiger partial charge in [0.2, 0.25) is 17.7 Å². The lowest BCUT2D eigenvalue weighted by Gasteiger charge is -2.18. The van der Waals surface area contributed by atoms with Crippen molar-refractivity contribution < 1.29 is 14.4 Å². The van der Waals surface area contributed by atoms with Gasteiger partial charge in [0.25, 0.3) is 0 Å². The number of amides is 3. The molecule has 0 radical (unpaired) electrons. The van der Waals surface area contributed by atoms with Crippen LogP contribution in [0.25, 0.3) is 0 Å². The summed E-state index contributed by atoms with van der Waals surface area (Å²) in [6, 6.07) is 6.63. The molecule has 0 spiro atoms. The molecule has 0 atom stereocenters. The molecular weight excluding hydrogens is 262 g/mol. The minimum absolute atomic E-state index is 0.180. The Morgan fingerprint density at radius 1 is 1.05 bits per heavy atom. The number of hydrogen-bond donors (Lipinski definition) is 4. The number of nitrogen functional groups attached to an aromatic ring is 1. The molecule has 20 heavy (non-hydrogen) atoms. The second kappa shape index (κ2) is 7.10. The predicted octanol–water partition coefficient (Wildman–Crippen LogP) is -1.52. The zero-order valence-corrected chi connectivity index (χ0v) is 10.8. The molecule has 0 unspecified atom stereocenters. The summed E-state index contributed by atoms with van der Waals surface area (Å²) in [5.41, 5.74) is 16.7. The van der Waals surface area contributed by atoms with Crippen LogP contribution >= 0.6 is 0 Å². The largest absolute Gasteiger partial charge is 0.399 e. The van der Waals surface area contributed by atoms with Crippen LogP contribution in [0, 0.1) is 0 Å². The molecule has 8 nitrogen and oxygen atoms in total. The van der Waals surface area contributed by atoms with Gasteiger partial charge >= 0.3 is 0 Å². The summed E-state index contributed by atoms with van der Waals surface area (Å²) in [6.07, 6.45) is 0. The van der Waals surface area contributed by atoms with E-state index in [9.17, 15) is 14.4 Å². The highest BCUT2D eigenvalue weighted by Crippen LogP contribution is 2.11. The van der Waals surface area contributed by atoms with E-state index in [4.69, 9.17) is 17.2 Å². The number of carbonyl (C=O) groups is 3. The third-order valence-corrected chi connectivity index (χ3v) is 2.30. The maximum absolute atomic E-state index is 11.8. The van der Waals surface area contributed by atoms with Crippen LogP contribution in [0.4, 0.5) is 11.4 Å². The standard InChI is InChI=1S/C12H17N5O3/c13-8-2-1-3-9(4-8)16-12(20)7-17(5-10(14)18)6-11(15)19/h1-4H,5-7,13H2,(H2,14,18)(H2,15,19)(H,16,20). The summed E-state index contributed by atoms with van der Waals surface area (Å²) in [7, 11) is 0. The number of rotatable bonds is 7. The van der Waals surface area contributed by atoms with Crippen molar-refractivity contribution in [2.24, 2.45) is 11.5 Å². The number of carbonyl (C=O) groups excluding carboxylic acids is 3. The molecule has 8 heteroatoms. The van der Waals surface area contributed by atoms with E-state index in [2.05, 4.69) is 5.32 Å². The summed E-state index contributed by atoms with van der Waals surface area (Å²) in [6.45, 7) is -0.638. The Balaban J connectivity index is 2.61. The van der Waals surface area contributed by atoms with Crippen LogP contribution in [0.5, 0.6) is 0 Å². The van der Waals surface area contributed by atoms with Crippen molar-refractivity contribution in [3.8, 4) is 0 Å². The van der Waals surface area contributed by atoms with E-state index < -0.39 is 17.7 Å². The highest BCUT2D eigenvalue weighted by Gasteiger charge is 2.15. The van der Waals surface area contributed by atoms with Gasteiger partial charge in [0.05, 0.1) is 19.6 Å². The van der Waals surface area contributed by atoms with E-state index in [0.717, 1.165) is 0 Å². The number of benzene rings is 1. The molecule has 0 fully saturated rings. The Hall–Kier alpha value is -2.61. The van der Waals surface area contributed by atoms with E-state index in [1.807, 2.05) is 0 Å². The highest BCUT2D eigenvalue weighted by molar-refractivity contribution is 5.93. The molecule has 3 amide bonds. The van der Waals surface area contributed by atoms with Gasteiger partial charge in [-0.3, -0.25) is 19.3 Å². The molecule has 1 aromatic carbocycles. The third-order valence-electron chi connectivity index (χ3n) is 2.30. The second-order valence-corrected chi connectivity index (χ2v) is 4.25. The highest BCUT2D eigenvalue weighted by atomic mass is 16.2. The topological polar surface area (TPSA) is 145 Å². The summed E-state index contributed by atoms with van der Waals surface area (Å²) in [5.74, 6) is -1.70. The fourth-order valence-electron chi connectivity index (χ4n) is 1.63. The van der Waals surface area contributed by atoms with E-state index in [0.29, 0.717) is 11.4 Å². The molecule has 1 rings (SSSR count). The van der Waals surface area contributed by atoms with Crippen LogP contribution in [0.1, 0.15) is 0 Å². The maximum Gasteiger partial charge on any atom is 0.238 e.